The monoisotopic (exact) mass is 261 g/mol. The molecule has 0 amide bonds. The Morgan fingerprint density at radius 3 is 2.17 bits per heavy atom. The van der Waals surface area contributed by atoms with Crippen LogP contribution in [-0.2, 0) is 0 Å². The van der Waals surface area contributed by atoms with Gasteiger partial charge in [-0.1, -0.05) is 17.7 Å². The van der Waals surface area contributed by atoms with Crippen LogP contribution in [0, 0.1) is 17.8 Å². The van der Waals surface area contributed by atoms with E-state index in [4.69, 9.17) is 11.6 Å². The van der Waals surface area contributed by atoms with E-state index >= 15 is 0 Å². The van der Waals surface area contributed by atoms with Crippen molar-refractivity contribution in [2.75, 3.05) is 5.32 Å². The van der Waals surface area contributed by atoms with Gasteiger partial charge >= 0.3 is 0 Å². The van der Waals surface area contributed by atoms with E-state index in [1.54, 1.807) is 0 Å². The lowest BCUT2D eigenvalue weighted by atomic mass is 9.53. The molecule has 1 aromatic carbocycles. The van der Waals surface area contributed by atoms with Crippen molar-refractivity contribution < 1.29 is 0 Å². The first-order valence-corrected chi connectivity index (χ1v) is 7.62. The topological polar surface area (TPSA) is 12.0 Å². The molecular weight excluding hydrogens is 242 g/mol. The molecular formula is C16H20ClN. The zero-order chi connectivity index (χ0) is 12.2. The molecule has 1 aromatic rings. The SMILES string of the molecule is Clc1cccc(NC23CC4CC(CC(C4)C2)C3)c1. The second-order valence-electron chi connectivity index (χ2n) is 6.83. The van der Waals surface area contributed by atoms with Gasteiger partial charge in [0.1, 0.15) is 0 Å². The highest BCUT2D eigenvalue weighted by Crippen LogP contribution is 2.56. The number of anilines is 1. The van der Waals surface area contributed by atoms with E-state index in [9.17, 15) is 0 Å². The number of hydrogen-bond acceptors (Lipinski definition) is 1. The van der Waals surface area contributed by atoms with Gasteiger partial charge in [0.2, 0.25) is 0 Å². The number of nitrogens with one attached hydrogen (secondary N) is 1. The molecule has 0 radical (unpaired) electrons. The molecule has 4 saturated carbocycles. The molecule has 0 aromatic heterocycles. The summed E-state index contributed by atoms with van der Waals surface area (Å²) in [6.45, 7) is 0. The van der Waals surface area contributed by atoms with E-state index < -0.39 is 0 Å². The summed E-state index contributed by atoms with van der Waals surface area (Å²) in [5.74, 6) is 2.97. The van der Waals surface area contributed by atoms with Crippen LogP contribution in [0.15, 0.2) is 24.3 Å². The Balaban J connectivity index is 1.60. The van der Waals surface area contributed by atoms with E-state index in [1.807, 2.05) is 12.1 Å². The molecule has 2 heteroatoms. The van der Waals surface area contributed by atoms with Crippen molar-refractivity contribution in [2.24, 2.45) is 17.8 Å². The third-order valence-corrected chi connectivity index (χ3v) is 5.51. The van der Waals surface area contributed by atoms with Crippen molar-refractivity contribution in [1.29, 1.82) is 0 Å². The van der Waals surface area contributed by atoms with Gasteiger partial charge in [-0.25, -0.2) is 0 Å². The van der Waals surface area contributed by atoms with Crippen LogP contribution < -0.4 is 5.32 Å². The van der Waals surface area contributed by atoms with Crippen LogP contribution in [0.5, 0.6) is 0 Å². The normalized spacial score (nSPS) is 41.1. The van der Waals surface area contributed by atoms with Gasteiger partial charge in [-0.05, 0) is 74.5 Å². The van der Waals surface area contributed by atoms with Gasteiger partial charge < -0.3 is 5.32 Å². The molecule has 0 saturated heterocycles. The summed E-state index contributed by atoms with van der Waals surface area (Å²) in [4.78, 5) is 0. The molecule has 4 bridgehead atoms. The van der Waals surface area contributed by atoms with Crippen molar-refractivity contribution >= 4 is 17.3 Å². The molecule has 4 aliphatic rings. The van der Waals surface area contributed by atoms with Crippen LogP contribution in [-0.4, -0.2) is 5.54 Å². The van der Waals surface area contributed by atoms with Gasteiger partial charge in [-0.2, -0.15) is 0 Å². The van der Waals surface area contributed by atoms with Crippen LogP contribution in [0.4, 0.5) is 5.69 Å². The van der Waals surface area contributed by atoms with Crippen molar-refractivity contribution in [1.82, 2.24) is 0 Å². The van der Waals surface area contributed by atoms with Gasteiger partial charge in [0.25, 0.3) is 0 Å². The molecule has 1 nitrogen and oxygen atoms in total. The fourth-order valence-electron chi connectivity index (χ4n) is 5.14. The summed E-state index contributed by atoms with van der Waals surface area (Å²) in [7, 11) is 0. The van der Waals surface area contributed by atoms with Crippen LogP contribution in [0.2, 0.25) is 5.02 Å². The third-order valence-electron chi connectivity index (χ3n) is 5.27. The highest BCUT2D eigenvalue weighted by Gasteiger charge is 2.50. The van der Waals surface area contributed by atoms with Gasteiger partial charge in [-0.3, -0.25) is 0 Å². The number of halogens is 1. The highest BCUT2D eigenvalue weighted by molar-refractivity contribution is 6.30. The standard InChI is InChI=1S/C16H20ClN/c17-14-2-1-3-15(7-14)18-16-8-11-4-12(9-16)6-13(5-11)10-16/h1-3,7,11-13,18H,4-6,8-10H2. The quantitative estimate of drug-likeness (QED) is 0.812. The lowest BCUT2D eigenvalue weighted by Gasteiger charge is -2.57. The fourth-order valence-corrected chi connectivity index (χ4v) is 5.33. The molecule has 0 atom stereocenters. The molecule has 0 aliphatic heterocycles. The Kier molecular flexibility index (Phi) is 2.42. The Hall–Kier alpha value is -0.690. The lowest BCUT2D eigenvalue weighted by molar-refractivity contribution is 0.0107. The van der Waals surface area contributed by atoms with Crippen LogP contribution >= 0.6 is 11.6 Å². The zero-order valence-corrected chi connectivity index (χ0v) is 11.4. The minimum Gasteiger partial charge on any atom is -0.380 e. The van der Waals surface area contributed by atoms with Crippen molar-refractivity contribution in [2.45, 2.75) is 44.1 Å². The van der Waals surface area contributed by atoms with Gasteiger partial charge in [0, 0.05) is 16.2 Å². The van der Waals surface area contributed by atoms with Crippen LogP contribution in [0.3, 0.4) is 0 Å². The summed E-state index contributed by atoms with van der Waals surface area (Å²) in [5.41, 5.74) is 1.60. The van der Waals surface area contributed by atoms with E-state index in [2.05, 4.69) is 17.4 Å². The lowest BCUT2D eigenvalue weighted by Crippen LogP contribution is -2.54. The van der Waals surface area contributed by atoms with Crippen molar-refractivity contribution in [3.8, 4) is 0 Å². The first-order chi connectivity index (χ1) is 8.71. The van der Waals surface area contributed by atoms with E-state index in [-0.39, 0.29) is 0 Å². The summed E-state index contributed by atoms with van der Waals surface area (Å²) >= 11 is 6.09. The smallest absolute Gasteiger partial charge is 0.0426 e. The summed E-state index contributed by atoms with van der Waals surface area (Å²) < 4.78 is 0. The molecule has 0 heterocycles. The Labute approximate surface area is 114 Å². The maximum Gasteiger partial charge on any atom is 0.0426 e. The maximum atomic E-state index is 6.09. The molecule has 4 aliphatic carbocycles. The predicted molar refractivity (Wildman–Crippen MR) is 76.0 cm³/mol. The highest BCUT2D eigenvalue weighted by atomic mass is 35.5. The molecule has 18 heavy (non-hydrogen) atoms. The molecule has 1 N–H and O–H groups in total. The molecule has 96 valence electrons. The van der Waals surface area contributed by atoms with Gasteiger partial charge in [0.05, 0.1) is 0 Å². The first kappa shape index (κ1) is 11.2. The van der Waals surface area contributed by atoms with Crippen LogP contribution in [0.25, 0.3) is 0 Å². The second kappa shape index (κ2) is 3.90. The average Bonchev–Trinajstić information content (AvgIpc) is 2.25. The van der Waals surface area contributed by atoms with Crippen molar-refractivity contribution in [3.05, 3.63) is 29.3 Å². The van der Waals surface area contributed by atoms with Crippen molar-refractivity contribution in [3.63, 3.8) is 0 Å². The minimum atomic E-state index is 0.388. The van der Waals surface area contributed by atoms with E-state index in [1.165, 1.54) is 44.2 Å². The average molecular weight is 262 g/mol. The summed E-state index contributed by atoms with van der Waals surface area (Å²) in [5, 5.41) is 4.68. The van der Waals surface area contributed by atoms with E-state index in [0.717, 1.165) is 22.8 Å². The minimum absolute atomic E-state index is 0.388. The molecule has 4 fully saturated rings. The number of benzene rings is 1. The summed E-state index contributed by atoms with van der Waals surface area (Å²) in [6.07, 6.45) is 8.63. The third kappa shape index (κ3) is 1.84. The second-order valence-corrected chi connectivity index (χ2v) is 7.27. The Morgan fingerprint density at radius 1 is 1.00 bits per heavy atom. The maximum absolute atomic E-state index is 6.09. The van der Waals surface area contributed by atoms with E-state index in [0.29, 0.717) is 5.54 Å². The van der Waals surface area contributed by atoms with Gasteiger partial charge in [0.15, 0.2) is 0 Å². The largest absolute Gasteiger partial charge is 0.380 e. The number of hydrogen-bond donors (Lipinski definition) is 1. The Bertz CT molecular complexity index is 433. The zero-order valence-electron chi connectivity index (χ0n) is 10.7. The van der Waals surface area contributed by atoms with Gasteiger partial charge in [-0.15, -0.1) is 0 Å². The number of rotatable bonds is 2. The van der Waals surface area contributed by atoms with Crippen LogP contribution in [0.1, 0.15) is 38.5 Å². The summed E-state index contributed by atoms with van der Waals surface area (Å²) in [6, 6.07) is 8.22. The predicted octanol–water partition coefficient (Wildman–Crippen LogP) is 4.72. The fraction of sp³-hybridized carbons (Fsp3) is 0.625. The molecule has 5 rings (SSSR count). The molecule has 0 spiro atoms. The first-order valence-electron chi connectivity index (χ1n) is 7.25. The Morgan fingerprint density at radius 2 is 1.61 bits per heavy atom. The molecule has 0 unspecified atom stereocenters.